The van der Waals surface area contributed by atoms with Gasteiger partial charge < -0.3 is 19.6 Å². The molecule has 1 aliphatic rings. The van der Waals surface area contributed by atoms with Crippen LogP contribution in [0.5, 0.6) is 5.75 Å². The fourth-order valence-corrected chi connectivity index (χ4v) is 4.07. The molecule has 0 aliphatic carbocycles. The predicted molar refractivity (Wildman–Crippen MR) is 126 cm³/mol. The summed E-state index contributed by atoms with van der Waals surface area (Å²) in [5.41, 5.74) is 2.28. The summed E-state index contributed by atoms with van der Waals surface area (Å²) in [6, 6.07) is 11.8. The van der Waals surface area contributed by atoms with Crippen molar-refractivity contribution in [2.75, 3.05) is 33.8 Å². The van der Waals surface area contributed by atoms with Crippen molar-refractivity contribution < 1.29 is 19.4 Å². The third-order valence-corrected chi connectivity index (χ3v) is 5.74. The van der Waals surface area contributed by atoms with E-state index >= 15 is 0 Å². The zero-order chi connectivity index (χ0) is 23.4. The van der Waals surface area contributed by atoms with Gasteiger partial charge in [0.1, 0.15) is 11.5 Å². The second-order valence-corrected chi connectivity index (χ2v) is 8.55. The van der Waals surface area contributed by atoms with Gasteiger partial charge >= 0.3 is 0 Å². The van der Waals surface area contributed by atoms with E-state index in [1.165, 1.54) is 0 Å². The van der Waals surface area contributed by atoms with Gasteiger partial charge in [0.05, 0.1) is 23.2 Å². The molecule has 2 aromatic carbocycles. The molecule has 7 heteroatoms. The Morgan fingerprint density at radius 2 is 1.84 bits per heavy atom. The molecule has 1 N–H and O–H groups in total. The van der Waals surface area contributed by atoms with E-state index in [9.17, 15) is 14.7 Å². The first-order valence-electron chi connectivity index (χ1n) is 10.7. The molecule has 1 saturated heterocycles. The van der Waals surface area contributed by atoms with Crippen molar-refractivity contribution in [1.82, 2.24) is 9.80 Å². The fraction of sp³-hybridized carbons (Fsp3) is 0.360. The molecule has 1 fully saturated rings. The maximum Gasteiger partial charge on any atom is 0.295 e. The van der Waals surface area contributed by atoms with Crippen LogP contribution in [-0.2, 0) is 9.59 Å². The zero-order valence-corrected chi connectivity index (χ0v) is 19.6. The molecule has 0 bridgehead atoms. The Morgan fingerprint density at radius 3 is 2.44 bits per heavy atom. The number of Topliss-reactive ketones (excluding diaryl/α,β-unsaturated/α-hetero) is 1. The van der Waals surface area contributed by atoms with Crippen molar-refractivity contribution in [3.8, 4) is 5.75 Å². The summed E-state index contributed by atoms with van der Waals surface area (Å²) in [5, 5.41) is 11.5. The molecular formula is C25H29ClN2O4. The monoisotopic (exact) mass is 456 g/mol. The highest BCUT2D eigenvalue weighted by atomic mass is 35.5. The van der Waals surface area contributed by atoms with E-state index in [2.05, 4.69) is 0 Å². The van der Waals surface area contributed by atoms with Gasteiger partial charge in [-0.2, -0.15) is 0 Å². The van der Waals surface area contributed by atoms with Crippen LogP contribution < -0.4 is 4.74 Å². The number of ketones is 1. The molecule has 32 heavy (non-hydrogen) atoms. The Balaban J connectivity index is 2.08. The smallest absolute Gasteiger partial charge is 0.295 e. The number of carbonyl (C=O) groups is 2. The minimum atomic E-state index is -0.692. The van der Waals surface area contributed by atoms with Crippen molar-refractivity contribution >= 4 is 29.1 Å². The van der Waals surface area contributed by atoms with Gasteiger partial charge in [0.25, 0.3) is 11.7 Å². The lowest BCUT2D eigenvalue weighted by Crippen LogP contribution is -2.32. The van der Waals surface area contributed by atoms with Crippen LogP contribution in [0.25, 0.3) is 5.76 Å². The molecule has 0 unspecified atom stereocenters. The number of carbonyl (C=O) groups excluding carboxylic acids is 2. The third kappa shape index (κ3) is 4.97. The lowest BCUT2D eigenvalue weighted by Gasteiger charge is -2.26. The Bertz CT molecular complexity index is 1030. The second-order valence-electron chi connectivity index (χ2n) is 8.14. The van der Waals surface area contributed by atoms with Crippen LogP contribution in [0.1, 0.15) is 36.1 Å². The highest BCUT2D eigenvalue weighted by Gasteiger charge is 2.45. The number of hydrogen-bond acceptors (Lipinski definition) is 5. The minimum absolute atomic E-state index is 0.0731. The Labute approximate surface area is 194 Å². The standard InChI is InChI=1S/C25H29ClN2O4/c1-5-32-20-12-11-18(15-19(20)26)23(29)21-22(17-9-7-16(2)8-10-17)28(25(31)24(21)30)14-6-13-27(3)4/h7-12,15,22,29H,5-6,13-14H2,1-4H3/b23-21+/t22-/m0/s1. The molecule has 3 rings (SSSR count). The van der Waals surface area contributed by atoms with Gasteiger partial charge in [-0.3, -0.25) is 9.59 Å². The van der Waals surface area contributed by atoms with Crippen molar-refractivity contribution in [2.24, 2.45) is 0 Å². The highest BCUT2D eigenvalue weighted by Crippen LogP contribution is 2.40. The Hall–Kier alpha value is -2.83. The first-order chi connectivity index (χ1) is 15.2. The maximum absolute atomic E-state index is 13.1. The molecule has 1 atom stereocenters. The molecule has 1 heterocycles. The molecule has 0 radical (unpaired) electrons. The van der Waals surface area contributed by atoms with Crippen molar-refractivity contribution in [3.05, 3.63) is 69.8 Å². The first-order valence-corrected chi connectivity index (χ1v) is 11.0. The summed E-state index contributed by atoms with van der Waals surface area (Å²) in [6.07, 6.45) is 0.706. The predicted octanol–water partition coefficient (Wildman–Crippen LogP) is 4.42. The average molecular weight is 457 g/mol. The van der Waals surface area contributed by atoms with E-state index in [0.29, 0.717) is 35.9 Å². The Morgan fingerprint density at radius 1 is 1.16 bits per heavy atom. The van der Waals surface area contributed by atoms with Crippen molar-refractivity contribution in [3.63, 3.8) is 0 Å². The van der Waals surface area contributed by atoms with Crippen LogP contribution in [0.15, 0.2) is 48.0 Å². The van der Waals surface area contributed by atoms with Crippen LogP contribution in [-0.4, -0.2) is 60.4 Å². The van der Waals surface area contributed by atoms with E-state index in [1.807, 2.05) is 57.1 Å². The summed E-state index contributed by atoms with van der Waals surface area (Å²) in [6.45, 7) is 5.46. The molecule has 2 aromatic rings. The summed E-state index contributed by atoms with van der Waals surface area (Å²) in [5.74, 6) is -1.05. The SMILES string of the molecule is CCOc1ccc(/C(O)=C2\C(=O)C(=O)N(CCCN(C)C)[C@H]2c2ccc(C)cc2)cc1Cl. The summed E-state index contributed by atoms with van der Waals surface area (Å²) in [7, 11) is 3.92. The van der Waals surface area contributed by atoms with E-state index in [1.54, 1.807) is 23.1 Å². The normalized spacial score (nSPS) is 17.9. The molecule has 0 saturated carbocycles. The van der Waals surface area contributed by atoms with Gasteiger partial charge in [-0.05, 0) is 64.7 Å². The summed E-state index contributed by atoms with van der Waals surface area (Å²) >= 11 is 6.30. The summed E-state index contributed by atoms with van der Waals surface area (Å²) in [4.78, 5) is 29.6. The first kappa shape index (κ1) is 23.8. The van der Waals surface area contributed by atoms with Gasteiger partial charge in [-0.15, -0.1) is 0 Å². The minimum Gasteiger partial charge on any atom is -0.507 e. The molecule has 1 amide bonds. The van der Waals surface area contributed by atoms with E-state index < -0.39 is 17.7 Å². The van der Waals surface area contributed by atoms with E-state index in [4.69, 9.17) is 16.3 Å². The van der Waals surface area contributed by atoms with Gasteiger partial charge in [-0.1, -0.05) is 41.4 Å². The molecular weight excluding hydrogens is 428 g/mol. The maximum atomic E-state index is 13.1. The Kier molecular flexibility index (Phi) is 7.59. The lowest BCUT2D eigenvalue weighted by molar-refractivity contribution is -0.139. The molecule has 0 aromatic heterocycles. The largest absolute Gasteiger partial charge is 0.507 e. The third-order valence-electron chi connectivity index (χ3n) is 5.44. The van der Waals surface area contributed by atoms with Gasteiger partial charge in [0.2, 0.25) is 0 Å². The topological polar surface area (TPSA) is 70.1 Å². The fourth-order valence-electron chi connectivity index (χ4n) is 3.84. The van der Waals surface area contributed by atoms with Crippen LogP contribution in [0.4, 0.5) is 0 Å². The summed E-state index contributed by atoms with van der Waals surface area (Å²) < 4.78 is 5.45. The number of amides is 1. The lowest BCUT2D eigenvalue weighted by atomic mass is 9.94. The average Bonchev–Trinajstić information content (AvgIpc) is 3.00. The van der Waals surface area contributed by atoms with Crippen LogP contribution in [0.3, 0.4) is 0 Å². The molecule has 6 nitrogen and oxygen atoms in total. The quantitative estimate of drug-likeness (QED) is 0.361. The number of rotatable bonds is 8. The van der Waals surface area contributed by atoms with Crippen molar-refractivity contribution in [2.45, 2.75) is 26.3 Å². The molecule has 0 spiro atoms. The van der Waals surface area contributed by atoms with Crippen LogP contribution in [0, 0.1) is 6.92 Å². The van der Waals surface area contributed by atoms with Gasteiger partial charge in [0.15, 0.2) is 0 Å². The number of likely N-dealkylation sites (tertiary alicyclic amines) is 1. The highest BCUT2D eigenvalue weighted by molar-refractivity contribution is 6.46. The number of halogens is 1. The van der Waals surface area contributed by atoms with Gasteiger partial charge in [0, 0.05) is 12.1 Å². The van der Waals surface area contributed by atoms with Crippen molar-refractivity contribution in [1.29, 1.82) is 0 Å². The number of benzene rings is 2. The van der Waals surface area contributed by atoms with Crippen LogP contribution in [0.2, 0.25) is 5.02 Å². The number of hydrogen-bond donors (Lipinski definition) is 1. The second kappa shape index (κ2) is 10.2. The van der Waals surface area contributed by atoms with Gasteiger partial charge in [-0.25, -0.2) is 0 Å². The zero-order valence-electron chi connectivity index (χ0n) is 18.9. The number of aryl methyl sites for hydroxylation is 1. The molecule has 170 valence electrons. The van der Waals surface area contributed by atoms with E-state index in [-0.39, 0.29) is 11.3 Å². The number of nitrogens with zero attached hydrogens (tertiary/aromatic N) is 2. The number of aliphatic hydroxyl groups excluding tert-OH is 1. The van der Waals surface area contributed by atoms with Crippen LogP contribution >= 0.6 is 11.6 Å². The van der Waals surface area contributed by atoms with E-state index in [0.717, 1.165) is 17.7 Å². The molecule has 1 aliphatic heterocycles. The number of ether oxygens (including phenoxy) is 1. The number of aliphatic hydroxyl groups is 1.